The molecule has 1 aliphatic rings. The quantitative estimate of drug-likeness (QED) is 0.751. The summed E-state index contributed by atoms with van der Waals surface area (Å²) in [6.45, 7) is -0.234. The zero-order chi connectivity index (χ0) is 17.8. The number of carbonyl (C=O) groups is 2. The van der Waals surface area contributed by atoms with Crippen molar-refractivity contribution in [2.45, 2.75) is 25.3 Å². The molecule has 1 aromatic heterocycles. The van der Waals surface area contributed by atoms with Crippen LogP contribution in [0.4, 0.5) is 4.39 Å². The first-order chi connectivity index (χ1) is 12.1. The Hall–Kier alpha value is -2.32. The van der Waals surface area contributed by atoms with E-state index in [1.54, 1.807) is 12.1 Å². The van der Waals surface area contributed by atoms with E-state index in [0.29, 0.717) is 0 Å². The van der Waals surface area contributed by atoms with E-state index in [1.807, 2.05) is 0 Å². The van der Waals surface area contributed by atoms with Gasteiger partial charge in [-0.3, -0.25) is 9.59 Å². The first-order valence-electron chi connectivity index (χ1n) is 8.08. The monoisotopic (exact) mass is 362 g/mol. The lowest BCUT2D eigenvalue weighted by Crippen LogP contribution is -2.41. The number of hydrogen-bond acceptors (Lipinski definition) is 5. The Kier molecular flexibility index (Phi) is 5.40. The number of nitrogens with zero attached hydrogens (tertiary/aromatic N) is 1. The van der Waals surface area contributed by atoms with E-state index in [-0.39, 0.29) is 36.8 Å². The van der Waals surface area contributed by atoms with E-state index >= 15 is 0 Å². The van der Waals surface area contributed by atoms with Crippen LogP contribution in [0.25, 0.3) is 10.6 Å². The second-order valence-electron chi connectivity index (χ2n) is 5.83. The second kappa shape index (κ2) is 7.71. The lowest BCUT2D eigenvalue weighted by atomic mass is 9.98. The van der Waals surface area contributed by atoms with Crippen LogP contribution in [-0.4, -0.2) is 29.9 Å². The standard InChI is InChI=1S/C17H19FN4O2S/c18-11-6-4-10(5-7-11)17-22-13-3-1-2-12(16(13)25-17)21-15(24)9-20-14(23)8-19/h4-7,12H,1-3,8-9,19H2,(H,20,23)(H,21,24). The minimum atomic E-state index is -0.365. The molecule has 4 N–H and O–H groups in total. The van der Waals surface area contributed by atoms with Gasteiger partial charge in [-0.15, -0.1) is 11.3 Å². The molecular formula is C17H19FN4O2S. The molecule has 1 aromatic carbocycles. The van der Waals surface area contributed by atoms with Gasteiger partial charge in [-0.2, -0.15) is 0 Å². The van der Waals surface area contributed by atoms with Crippen molar-refractivity contribution < 1.29 is 14.0 Å². The summed E-state index contributed by atoms with van der Waals surface area (Å²) in [4.78, 5) is 28.9. The number of halogens is 1. The summed E-state index contributed by atoms with van der Waals surface area (Å²) in [6, 6.07) is 6.12. The molecule has 0 saturated heterocycles. The number of hydrogen-bond donors (Lipinski definition) is 3. The minimum Gasteiger partial charge on any atom is -0.347 e. The van der Waals surface area contributed by atoms with Gasteiger partial charge >= 0.3 is 0 Å². The van der Waals surface area contributed by atoms with Gasteiger partial charge in [0.1, 0.15) is 10.8 Å². The average molecular weight is 362 g/mol. The zero-order valence-corrected chi connectivity index (χ0v) is 14.4. The topological polar surface area (TPSA) is 97.1 Å². The van der Waals surface area contributed by atoms with Crippen LogP contribution in [0.2, 0.25) is 0 Å². The fourth-order valence-corrected chi connectivity index (χ4v) is 3.97. The number of fused-ring (bicyclic) bond motifs is 1. The predicted octanol–water partition coefficient (Wildman–Crippen LogP) is 1.52. The van der Waals surface area contributed by atoms with E-state index < -0.39 is 0 Å². The smallest absolute Gasteiger partial charge is 0.239 e. The van der Waals surface area contributed by atoms with E-state index in [0.717, 1.165) is 40.4 Å². The van der Waals surface area contributed by atoms with Gasteiger partial charge in [0, 0.05) is 5.56 Å². The molecule has 25 heavy (non-hydrogen) atoms. The highest BCUT2D eigenvalue weighted by Gasteiger charge is 2.26. The van der Waals surface area contributed by atoms with E-state index in [9.17, 15) is 14.0 Å². The molecule has 0 bridgehead atoms. The summed E-state index contributed by atoms with van der Waals surface area (Å²) in [5.41, 5.74) is 7.04. The number of benzene rings is 1. The molecule has 0 saturated carbocycles. The molecule has 1 aliphatic carbocycles. The van der Waals surface area contributed by atoms with Crippen molar-refractivity contribution >= 4 is 23.2 Å². The molecule has 1 heterocycles. The van der Waals surface area contributed by atoms with Crippen molar-refractivity contribution in [3.8, 4) is 10.6 Å². The van der Waals surface area contributed by atoms with Gasteiger partial charge in [-0.1, -0.05) is 0 Å². The van der Waals surface area contributed by atoms with Gasteiger partial charge in [0.25, 0.3) is 0 Å². The van der Waals surface area contributed by atoms with Crippen molar-refractivity contribution in [1.82, 2.24) is 15.6 Å². The summed E-state index contributed by atoms with van der Waals surface area (Å²) in [6.07, 6.45) is 2.62. The van der Waals surface area contributed by atoms with Crippen LogP contribution in [0.5, 0.6) is 0 Å². The summed E-state index contributed by atoms with van der Waals surface area (Å²) in [5, 5.41) is 6.22. The summed E-state index contributed by atoms with van der Waals surface area (Å²) >= 11 is 1.52. The number of nitrogens with two attached hydrogens (primary N) is 1. The van der Waals surface area contributed by atoms with E-state index in [4.69, 9.17) is 5.73 Å². The number of aromatic nitrogens is 1. The zero-order valence-electron chi connectivity index (χ0n) is 13.5. The normalized spacial score (nSPS) is 16.2. The lowest BCUT2D eigenvalue weighted by molar-refractivity contribution is -0.125. The third kappa shape index (κ3) is 4.21. The number of amides is 2. The molecule has 132 valence electrons. The van der Waals surface area contributed by atoms with E-state index in [2.05, 4.69) is 15.6 Å². The Morgan fingerprint density at radius 3 is 2.76 bits per heavy atom. The van der Waals surface area contributed by atoms with Crippen molar-refractivity contribution in [2.75, 3.05) is 13.1 Å². The van der Waals surface area contributed by atoms with Crippen LogP contribution in [-0.2, 0) is 16.0 Å². The Bertz CT molecular complexity index is 775. The number of thiazole rings is 1. The highest BCUT2D eigenvalue weighted by molar-refractivity contribution is 7.15. The minimum absolute atomic E-state index is 0.0918. The van der Waals surface area contributed by atoms with Gasteiger partial charge < -0.3 is 16.4 Å². The van der Waals surface area contributed by atoms with Gasteiger partial charge in [0.05, 0.1) is 29.7 Å². The first-order valence-corrected chi connectivity index (χ1v) is 8.90. The summed E-state index contributed by atoms with van der Waals surface area (Å²) in [5.74, 6) is -0.901. The van der Waals surface area contributed by atoms with Crippen molar-refractivity contribution in [3.63, 3.8) is 0 Å². The van der Waals surface area contributed by atoms with Crippen LogP contribution in [0.3, 0.4) is 0 Å². The molecule has 1 unspecified atom stereocenters. The van der Waals surface area contributed by atoms with Gasteiger partial charge in [-0.25, -0.2) is 9.37 Å². The first kappa shape index (κ1) is 17.5. The molecule has 0 fully saturated rings. The molecule has 8 heteroatoms. The van der Waals surface area contributed by atoms with E-state index in [1.165, 1.54) is 23.5 Å². The molecule has 0 radical (unpaired) electrons. The number of carbonyl (C=O) groups excluding carboxylic acids is 2. The van der Waals surface area contributed by atoms with Crippen molar-refractivity contribution in [3.05, 3.63) is 40.7 Å². The van der Waals surface area contributed by atoms with Crippen LogP contribution in [0, 0.1) is 5.82 Å². The summed E-state index contributed by atoms with van der Waals surface area (Å²) < 4.78 is 13.1. The molecule has 1 atom stereocenters. The predicted molar refractivity (Wildman–Crippen MR) is 93.4 cm³/mol. The Balaban J connectivity index is 1.72. The molecule has 2 amide bonds. The third-order valence-corrected chi connectivity index (χ3v) is 5.27. The lowest BCUT2D eigenvalue weighted by Gasteiger charge is -2.22. The molecule has 2 aromatic rings. The fourth-order valence-electron chi connectivity index (χ4n) is 2.77. The third-order valence-electron chi connectivity index (χ3n) is 4.01. The molecule has 0 spiro atoms. The molecule has 6 nitrogen and oxygen atoms in total. The molecule has 0 aliphatic heterocycles. The van der Waals surface area contributed by atoms with Crippen LogP contribution >= 0.6 is 11.3 Å². The van der Waals surface area contributed by atoms with Crippen molar-refractivity contribution in [2.24, 2.45) is 5.73 Å². The largest absolute Gasteiger partial charge is 0.347 e. The number of rotatable bonds is 5. The number of nitrogens with one attached hydrogen (secondary N) is 2. The van der Waals surface area contributed by atoms with Gasteiger partial charge in [0.2, 0.25) is 11.8 Å². The Labute approximate surface area is 148 Å². The maximum Gasteiger partial charge on any atom is 0.239 e. The Morgan fingerprint density at radius 1 is 1.28 bits per heavy atom. The fraction of sp³-hybridized carbons (Fsp3) is 0.353. The number of aryl methyl sites for hydroxylation is 1. The molecular weight excluding hydrogens is 343 g/mol. The maximum atomic E-state index is 13.1. The molecule has 3 rings (SSSR count). The highest BCUT2D eigenvalue weighted by atomic mass is 32.1. The Morgan fingerprint density at radius 2 is 2.04 bits per heavy atom. The SMILES string of the molecule is NCC(=O)NCC(=O)NC1CCCc2nc(-c3ccc(F)cc3)sc21. The van der Waals surface area contributed by atoms with Gasteiger partial charge in [-0.05, 0) is 43.5 Å². The summed E-state index contributed by atoms with van der Waals surface area (Å²) in [7, 11) is 0. The average Bonchev–Trinajstić information content (AvgIpc) is 3.05. The van der Waals surface area contributed by atoms with Crippen LogP contribution < -0.4 is 16.4 Å². The van der Waals surface area contributed by atoms with Crippen LogP contribution in [0.15, 0.2) is 24.3 Å². The van der Waals surface area contributed by atoms with Gasteiger partial charge in [0.15, 0.2) is 0 Å². The van der Waals surface area contributed by atoms with Crippen LogP contribution in [0.1, 0.15) is 29.5 Å². The van der Waals surface area contributed by atoms with Crippen molar-refractivity contribution in [1.29, 1.82) is 0 Å². The maximum absolute atomic E-state index is 13.1. The highest BCUT2D eigenvalue weighted by Crippen LogP contribution is 2.37. The second-order valence-corrected chi connectivity index (χ2v) is 6.86.